The molecule has 0 bridgehead atoms. The Balaban J connectivity index is 1.83. The van der Waals surface area contributed by atoms with Gasteiger partial charge in [0.2, 0.25) is 0 Å². The molecule has 25 heavy (non-hydrogen) atoms. The van der Waals surface area contributed by atoms with Gasteiger partial charge < -0.3 is 20.8 Å². The van der Waals surface area contributed by atoms with E-state index in [0.29, 0.717) is 9.80 Å². The van der Waals surface area contributed by atoms with E-state index in [1.807, 2.05) is 31.2 Å². The molecule has 0 atom stereocenters. The molecule has 128 valence electrons. The fourth-order valence-electron chi connectivity index (χ4n) is 1.99. The largest absolute Gasteiger partial charge is 0.444 e. The Bertz CT molecular complexity index is 933. The minimum absolute atomic E-state index is 0.0152. The molecule has 0 saturated carbocycles. The van der Waals surface area contributed by atoms with Crippen LogP contribution in [0.4, 0.5) is 15.8 Å². The Labute approximate surface area is 155 Å². The molecular weight excluding hydrogens is 408 g/mol. The van der Waals surface area contributed by atoms with Gasteiger partial charge >= 0.3 is 0 Å². The van der Waals surface area contributed by atoms with Crippen LogP contribution in [0.15, 0.2) is 45.5 Å². The quantitative estimate of drug-likeness (QED) is 0.579. The number of aryl methyl sites for hydroxylation is 1. The highest BCUT2D eigenvalue weighted by molar-refractivity contribution is 9.10. The molecule has 1 aromatic carbocycles. The normalized spacial score (nSPS) is 10.5. The van der Waals surface area contributed by atoms with Crippen molar-refractivity contribution >= 4 is 54.9 Å². The van der Waals surface area contributed by atoms with E-state index in [1.54, 1.807) is 6.07 Å². The van der Waals surface area contributed by atoms with Gasteiger partial charge in [-0.1, -0.05) is 29.0 Å². The van der Waals surface area contributed by atoms with Crippen molar-refractivity contribution in [2.45, 2.75) is 6.92 Å². The number of aromatic nitrogens is 1. The predicted octanol–water partition coefficient (Wildman–Crippen LogP) is 3.90. The third-order valence-corrected chi connectivity index (χ3v) is 4.50. The molecule has 7 nitrogen and oxygen atoms in total. The van der Waals surface area contributed by atoms with Crippen LogP contribution in [0.1, 0.15) is 26.6 Å². The molecule has 0 spiro atoms. The van der Waals surface area contributed by atoms with Gasteiger partial charge in [-0.3, -0.25) is 9.59 Å². The Morgan fingerprint density at radius 1 is 1.20 bits per heavy atom. The fraction of sp³-hybridized carbons (Fsp3) is 0.0625. The summed E-state index contributed by atoms with van der Waals surface area (Å²) >= 11 is 4.24. The van der Waals surface area contributed by atoms with Gasteiger partial charge in [-0.05, 0) is 47.1 Å². The standard InChI is InChI=1S/C16H13BrN4O3S/c1-8-2-4-9(5-3-8)19-16-20-12(13(18)22)15(25-16)21-14(23)10-6-7-11(17)24-10/h2-7H,1H3,(H2,18,22)(H,19,20)(H,21,23). The average Bonchev–Trinajstić information content (AvgIpc) is 3.16. The lowest BCUT2D eigenvalue weighted by molar-refractivity contribution is 0.0996. The van der Waals surface area contributed by atoms with Crippen molar-refractivity contribution in [3.05, 3.63) is 58.1 Å². The molecule has 0 radical (unpaired) electrons. The number of benzene rings is 1. The third-order valence-electron chi connectivity index (χ3n) is 3.19. The molecule has 2 aromatic heterocycles. The van der Waals surface area contributed by atoms with Crippen molar-refractivity contribution in [3.63, 3.8) is 0 Å². The van der Waals surface area contributed by atoms with Gasteiger partial charge in [0.15, 0.2) is 21.3 Å². The summed E-state index contributed by atoms with van der Waals surface area (Å²) < 4.78 is 5.62. The maximum absolute atomic E-state index is 12.2. The van der Waals surface area contributed by atoms with Gasteiger partial charge in [-0.2, -0.15) is 0 Å². The first kappa shape index (κ1) is 17.2. The minimum Gasteiger partial charge on any atom is -0.444 e. The number of halogens is 1. The summed E-state index contributed by atoms with van der Waals surface area (Å²) in [5.41, 5.74) is 7.27. The van der Waals surface area contributed by atoms with Gasteiger partial charge in [0.1, 0.15) is 5.00 Å². The van der Waals surface area contributed by atoms with E-state index in [0.717, 1.165) is 22.6 Å². The van der Waals surface area contributed by atoms with Crippen LogP contribution in [0, 0.1) is 6.92 Å². The van der Waals surface area contributed by atoms with Crippen LogP contribution in [0.25, 0.3) is 0 Å². The number of thiazole rings is 1. The van der Waals surface area contributed by atoms with Gasteiger partial charge in [0, 0.05) is 5.69 Å². The molecule has 2 amide bonds. The lowest BCUT2D eigenvalue weighted by atomic mass is 10.2. The summed E-state index contributed by atoms with van der Waals surface area (Å²) in [4.78, 5) is 28.0. The van der Waals surface area contributed by atoms with Crippen LogP contribution in [0.5, 0.6) is 0 Å². The molecule has 0 fully saturated rings. The number of nitrogens with one attached hydrogen (secondary N) is 2. The molecule has 4 N–H and O–H groups in total. The number of rotatable bonds is 5. The highest BCUT2D eigenvalue weighted by Crippen LogP contribution is 2.31. The number of hydrogen-bond acceptors (Lipinski definition) is 6. The number of primary amides is 1. The minimum atomic E-state index is -0.732. The topological polar surface area (TPSA) is 110 Å². The Morgan fingerprint density at radius 3 is 2.52 bits per heavy atom. The summed E-state index contributed by atoms with van der Waals surface area (Å²) in [6.07, 6.45) is 0. The van der Waals surface area contributed by atoms with Crippen molar-refractivity contribution in [3.8, 4) is 0 Å². The van der Waals surface area contributed by atoms with Crippen molar-refractivity contribution in [1.29, 1.82) is 0 Å². The smallest absolute Gasteiger partial charge is 0.292 e. The van der Waals surface area contributed by atoms with Crippen LogP contribution in [-0.2, 0) is 0 Å². The molecule has 2 heterocycles. The second-order valence-corrected chi connectivity index (χ2v) is 6.89. The van der Waals surface area contributed by atoms with Crippen LogP contribution in [0.2, 0.25) is 0 Å². The molecule has 9 heteroatoms. The van der Waals surface area contributed by atoms with Crippen LogP contribution in [0.3, 0.4) is 0 Å². The van der Waals surface area contributed by atoms with Gasteiger partial charge in [-0.15, -0.1) is 0 Å². The number of nitrogens with zero attached hydrogens (tertiary/aromatic N) is 1. The number of anilines is 3. The van der Waals surface area contributed by atoms with E-state index in [2.05, 4.69) is 31.5 Å². The summed E-state index contributed by atoms with van der Waals surface area (Å²) in [6.45, 7) is 1.99. The van der Waals surface area contributed by atoms with Crippen molar-refractivity contribution in [2.24, 2.45) is 5.73 Å². The van der Waals surface area contributed by atoms with E-state index >= 15 is 0 Å². The van der Waals surface area contributed by atoms with E-state index < -0.39 is 11.8 Å². The first-order valence-electron chi connectivity index (χ1n) is 7.13. The summed E-state index contributed by atoms with van der Waals surface area (Å²) in [5.74, 6) is -1.13. The first-order valence-corrected chi connectivity index (χ1v) is 8.74. The maximum Gasteiger partial charge on any atom is 0.292 e. The first-order chi connectivity index (χ1) is 11.9. The van der Waals surface area contributed by atoms with E-state index in [1.165, 1.54) is 6.07 Å². The Hall–Kier alpha value is -2.65. The number of carbonyl (C=O) groups is 2. The summed E-state index contributed by atoms with van der Waals surface area (Å²) in [7, 11) is 0. The van der Waals surface area contributed by atoms with Crippen LogP contribution < -0.4 is 16.4 Å². The highest BCUT2D eigenvalue weighted by atomic mass is 79.9. The number of amides is 2. The number of nitrogens with two attached hydrogens (primary N) is 1. The number of furan rings is 1. The number of carbonyl (C=O) groups excluding carboxylic acids is 2. The molecule has 0 aliphatic carbocycles. The van der Waals surface area contributed by atoms with Gasteiger partial charge in [0.05, 0.1) is 0 Å². The molecule has 0 unspecified atom stereocenters. The van der Waals surface area contributed by atoms with Gasteiger partial charge in [0.25, 0.3) is 11.8 Å². The van der Waals surface area contributed by atoms with Crippen molar-refractivity contribution < 1.29 is 14.0 Å². The Kier molecular flexibility index (Phi) is 4.86. The SMILES string of the molecule is Cc1ccc(Nc2nc(C(N)=O)c(NC(=O)c3ccc(Br)o3)s2)cc1. The summed E-state index contributed by atoms with van der Waals surface area (Å²) in [5, 5.41) is 6.37. The zero-order valence-corrected chi connectivity index (χ0v) is 15.4. The van der Waals surface area contributed by atoms with Crippen molar-refractivity contribution in [2.75, 3.05) is 10.6 Å². The molecule has 3 aromatic rings. The molecular formula is C16H13BrN4O3S. The van der Waals surface area contributed by atoms with Crippen LogP contribution >= 0.6 is 27.3 Å². The zero-order valence-electron chi connectivity index (χ0n) is 13.0. The zero-order chi connectivity index (χ0) is 18.0. The number of hydrogen-bond donors (Lipinski definition) is 3. The second-order valence-electron chi connectivity index (χ2n) is 5.11. The molecule has 0 aliphatic rings. The molecule has 0 aliphatic heterocycles. The predicted molar refractivity (Wildman–Crippen MR) is 99.5 cm³/mol. The molecule has 0 saturated heterocycles. The molecule has 3 rings (SSSR count). The Morgan fingerprint density at radius 2 is 1.92 bits per heavy atom. The monoisotopic (exact) mass is 420 g/mol. The highest BCUT2D eigenvalue weighted by Gasteiger charge is 2.20. The van der Waals surface area contributed by atoms with E-state index in [4.69, 9.17) is 10.2 Å². The lowest BCUT2D eigenvalue weighted by Gasteiger charge is -2.02. The van der Waals surface area contributed by atoms with E-state index in [9.17, 15) is 9.59 Å². The third kappa shape index (κ3) is 4.06. The summed E-state index contributed by atoms with van der Waals surface area (Å²) in [6, 6.07) is 10.8. The fourth-order valence-corrected chi connectivity index (χ4v) is 3.18. The van der Waals surface area contributed by atoms with Crippen molar-refractivity contribution in [1.82, 2.24) is 4.98 Å². The van der Waals surface area contributed by atoms with E-state index in [-0.39, 0.29) is 16.5 Å². The average molecular weight is 421 g/mol. The van der Waals surface area contributed by atoms with Crippen LogP contribution in [-0.4, -0.2) is 16.8 Å². The second kappa shape index (κ2) is 7.08. The van der Waals surface area contributed by atoms with Gasteiger partial charge in [-0.25, -0.2) is 4.98 Å². The maximum atomic E-state index is 12.2. The lowest BCUT2D eigenvalue weighted by Crippen LogP contribution is -2.17.